The summed E-state index contributed by atoms with van der Waals surface area (Å²) in [7, 11) is 1.68. The molecule has 1 spiro atoms. The highest BCUT2D eigenvalue weighted by Gasteiger charge is 2.68. The zero-order chi connectivity index (χ0) is 19.7. The van der Waals surface area contributed by atoms with E-state index >= 15 is 0 Å². The second-order valence-electron chi connectivity index (χ2n) is 8.94. The Morgan fingerprint density at radius 1 is 1.36 bits per heavy atom. The van der Waals surface area contributed by atoms with Gasteiger partial charge in [0.25, 0.3) is 0 Å². The molecular formula is C22H29N3O3. The molecule has 0 radical (unpaired) electrons. The molecule has 5 rings (SSSR count). The van der Waals surface area contributed by atoms with E-state index in [0.29, 0.717) is 19.3 Å². The molecule has 0 aromatic heterocycles. The number of likely N-dealkylation sites (N-methyl/N-ethyl adjacent to an activating group) is 1. The highest BCUT2D eigenvalue weighted by molar-refractivity contribution is 5.81. The predicted molar refractivity (Wildman–Crippen MR) is 106 cm³/mol. The van der Waals surface area contributed by atoms with Crippen molar-refractivity contribution in [2.24, 2.45) is 0 Å². The highest BCUT2D eigenvalue weighted by atomic mass is 16.5. The molecule has 4 atom stereocenters. The topological polar surface area (TPSA) is 73.8 Å². The van der Waals surface area contributed by atoms with Gasteiger partial charge in [0.05, 0.1) is 18.2 Å². The van der Waals surface area contributed by atoms with Crippen LogP contribution in [0.1, 0.15) is 43.7 Å². The third-order valence-corrected chi connectivity index (χ3v) is 8.03. The van der Waals surface area contributed by atoms with E-state index in [1.165, 1.54) is 11.1 Å². The van der Waals surface area contributed by atoms with Gasteiger partial charge in [0.2, 0.25) is 0 Å². The number of hydrogen-bond donors (Lipinski definition) is 3. The lowest BCUT2D eigenvalue weighted by Crippen LogP contribution is -2.75. The number of rotatable bonds is 2. The molecule has 3 N–H and O–H groups in total. The highest BCUT2D eigenvalue weighted by Crippen LogP contribution is 2.61. The fraction of sp³-hybridized carbons (Fsp3) is 0.591. The quantitative estimate of drug-likeness (QED) is 0.731. The largest absolute Gasteiger partial charge is 0.497 e. The third-order valence-electron chi connectivity index (χ3n) is 8.03. The lowest BCUT2D eigenvalue weighted by Gasteiger charge is -2.66. The first kappa shape index (κ1) is 18.0. The number of ether oxygens (including phenoxy) is 1. The molecule has 2 saturated heterocycles. The average molecular weight is 383 g/mol. The Hall–Kier alpha value is -2.05. The van der Waals surface area contributed by atoms with E-state index in [4.69, 9.17) is 4.74 Å². The molecule has 1 aromatic carbocycles. The van der Waals surface area contributed by atoms with Crippen molar-refractivity contribution in [2.45, 2.75) is 61.6 Å². The normalized spacial score (nSPS) is 39.2. The van der Waals surface area contributed by atoms with Crippen LogP contribution in [-0.4, -0.2) is 53.4 Å². The standard InChI is InChI=1S/C22H29N3O3/c1-4-25-10-9-20-13-21(14(2)23-19(26)24-21)7-8-22(20,27)18(25)11-15-5-6-16(28-3)12-17(15)20/h5-6,12,18,27H,2,4,7-11,13H2,1,3H3,(H2,23,24,26)/t18-,20-,21+,22-/m1/s1. The first-order chi connectivity index (χ1) is 13.4. The molecule has 2 amide bonds. The van der Waals surface area contributed by atoms with Crippen molar-refractivity contribution >= 4 is 6.03 Å². The summed E-state index contributed by atoms with van der Waals surface area (Å²) in [6.45, 7) is 8.21. The molecule has 1 saturated carbocycles. The van der Waals surface area contributed by atoms with Gasteiger partial charge in [0.15, 0.2) is 0 Å². The fourth-order valence-electron chi connectivity index (χ4n) is 6.58. The van der Waals surface area contributed by atoms with Crippen LogP contribution in [0.25, 0.3) is 0 Å². The smallest absolute Gasteiger partial charge is 0.319 e. The van der Waals surface area contributed by atoms with Crippen LogP contribution in [0.3, 0.4) is 0 Å². The molecule has 6 heteroatoms. The van der Waals surface area contributed by atoms with Crippen molar-refractivity contribution in [3.05, 3.63) is 41.6 Å². The van der Waals surface area contributed by atoms with Crippen LogP contribution in [0.15, 0.2) is 30.5 Å². The molecule has 0 unspecified atom stereocenters. The van der Waals surface area contributed by atoms with Gasteiger partial charge in [-0.2, -0.15) is 0 Å². The number of likely N-dealkylation sites (tertiary alicyclic amines) is 1. The molecule has 2 aliphatic heterocycles. The Morgan fingerprint density at radius 2 is 2.18 bits per heavy atom. The maximum atomic E-state index is 12.2. The van der Waals surface area contributed by atoms with Crippen LogP contribution in [-0.2, 0) is 11.8 Å². The molecule has 2 aliphatic carbocycles. The maximum absolute atomic E-state index is 12.2. The number of carbonyl (C=O) groups excluding carboxylic acids is 1. The molecule has 3 fully saturated rings. The first-order valence-electron chi connectivity index (χ1n) is 10.3. The minimum Gasteiger partial charge on any atom is -0.497 e. The van der Waals surface area contributed by atoms with E-state index in [1.54, 1.807) is 7.11 Å². The van der Waals surface area contributed by atoms with Crippen LogP contribution in [0, 0.1) is 0 Å². The van der Waals surface area contributed by atoms with Gasteiger partial charge in [-0.1, -0.05) is 19.6 Å². The van der Waals surface area contributed by atoms with Crippen molar-refractivity contribution in [1.82, 2.24) is 15.5 Å². The number of nitrogens with zero attached hydrogens (tertiary/aromatic N) is 1. The van der Waals surface area contributed by atoms with Crippen molar-refractivity contribution in [3.8, 4) is 5.75 Å². The average Bonchev–Trinajstić information content (AvgIpc) is 2.95. The molecule has 2 heterocycles. The van der Waals surface area contributed by atoms with Crippen LogP contribution >= 0.6 is 0 Å². The second-order valence-corrected chi connectivity index (χ2v) is 8.94. The summed E-state index contributed by atoms with van der Waals surface area (Å²) in [6.07, 6.45) is 3.73. The molecule has 2 bridgehead atoms. The van der Waals surface area contributed by atoms with Gasteiger partial charge in [-0.05, 0) is 68.5 Å². The van der Waals surface area contributed by atoms with Gasteiger partial charge < -0.3 is 20.5 Å². The molecule has 4 aliphatic rings. The van der Waals surface area contributed by atoms with E-state index in [2.05, 4.69) is 41.2 Å². The minimum absolute atomic E-state index is 0.0998. The number of carbonyl (C=O) groups is 1. The van der Waals surface area contributed by atoms with Gasteiger partial charge in [0.1, 0.15) is 5.75 Å². The minimum atomic E-state index is -0.820. The SMILES string of the molecule is C=C1NC(=O)N[C@]12CC[C@@]1(O)[C@H]3Cc4ccc(OC)cc4[C@@]1(CCN3CC)C2. The molecule has 150 valence electrons. The van der Waals surface area contributed by atoms with E-state index < -0.39 is 16.6 Å². The number of piperidine rings is 1. The molecule has 28 heavy (non-hydrogen) atoms. The van der Waals surface area contributed by atoms with E-state index in [1.807, 2.05) is 6.07 Å². The van der Waals surface area contributed by atoms with Crippen molar-refractivity contribution in [2.75, 3.05) is 20.2 Å². The van der Waals surface area contributed by atoms with Crippen molar-refractivity contribution < 1.29 is 14.6 Å². The number of aliphatic hydroxyl groups is 1. The Labute approximate surface area is 165 Å². The zero-order valence-corrected chi connectivity index (χ0v) is 16.7. The van der Waals surface area contributed by atoms with Crippen LogP contribution < -0.4 is 15.4 Å². The van der Waals surface area contributed by atoms with Gasteiger partial charge in [-0.25, -0.2) is 4.79 Å². The lowest BCUT2D eigenvalue weighted by molar-refractivity contribution is -0.174. The Balaban J connectivity index is 1.70. The first-order valence-corrected chi connectivity index (χ1v) is 10.3. The van der Waals surface area contributed by atoms with Crippen molar-refractivity contribution in [3.63, 3.8) is 0 Å². The van der Waals surface area contributed by atoms with E-state index in [0.717, 1.165) is 37.4 Å². The summed E-state index contributed by atoms with van der Waals surface area (Å²) in [5, 5.41) is 18.2. The summed E-state index contributed by atoms with van der Waals surface area (Å²) >= 11 is 0. The van der Waals surface area contributed by atoms with Crippen LogP contribution in [0.4, 0.5) is 4.79 Å². The number of amides is 2. The third kappa shape index (κ3) is 2.08. The zero-order valence-electron chi connectivity index (χ0n) is 16.7. The number of benzene rings is 1. The summed E-state index contributed by atoms with van der Waals surface area (Å²) in [6, 6.07) is 6.20. The van der Waals surface area contributed by atoms with Gasteiger partial charge >= 0.3 is 6.03 Å². The van der Waals surface area contributed by atoms with Gasteiger partial charge in [0, 0.05) is 17.2 Å². The number of fused-ring (bicyclic) bond motifs is 1. The Bertz CT molecular complexity index is 871. The Kier molecular flexibility index (Phi) is 3.69. The molecule has 1 aromatic rings. The van der Waals surface area contributed by atoms with E-state index in [-0.39, 0.29) is 12.1 Å². The monoisotopic (exact) mass is 383 g/mol. The summed E-state index contributed by atoms with van der Waals surface area (Å²) in [5.41, 5.74) is 1.46. The summed E-state index contributed by atoms with van der Waals surface area (Å²) in [4.78, 5) is 14.5. The number of hydrogen-bond acceptors (Lipinski definition) is 4. The predicted octanol–water partition coefficient (Wildman–Crippen LogP) is 2.06. The summed E-state index contributed by atoms with van der Waals surface area (Å²) < 4.78 is 5.53. The van der Waals surface area contributed by atoms with E-state index in [9.17, 15) is 9.90 Å². The molecular weight excluding hydrogens is 354 g/mol. The molecule has 6 nitrogen and oxygen atoms in total. The Morgan fingerprint density at radius 3 is 2.86 bits per heavy atom. The van der Waals surface area contributed by atoms with Gasteiger partial charge in [-0.3, -0.25) is 4.90 Å². The number of nitrogens with one attached hydrogen (secondary N) is 2. The fourth-order valence-corrected chi connectivity index (χ4v) is 6.58. The number of urea groups is 1. The number of methoxy groups -OCH3 is 1. The van der Waals surface area contributed by atoms with Crippen LogP contribution in [0.5, 0.6) is 5.75 Å². The van der Waals surface area contributed by atoms with Crippen LogP contribution in [0.2, 0.25) is 0 Å². The van der Waals surface area contributed by atoms with Gasteiger partial charge in [-0.15, -0.1) is 0 Å². The second kappa shape index (κ2) is 5.74. The lowest BCUT2D eigenvalue weighted by atomic mass is 9.46. The van der Waals surface area contributed by atoms with Crippen molar-refractivity contribution in [1.29, 1.82) is 0 Å². The maximum Gasteiger partial charge on any atom is 0.319 e. The summed E-state index contributed by atoms with van der Waals surface area (Å²) in [5.74, 6) is 0.818.